The van der Waals surface area contributed by atoms with Gasteiger partial charge in [0.1, 0.15) is 17.5 Å². The second-order valence-corrected chi connectivity index (χ2v) is 6.78. The number of nitriles is 2. The van der Waals surface area contributed by atoms with Crippen LogP contribution < -0.4 is 4.74 Å². The summed E-state index contributed by atoms with van der Waals surface area (Å²) in [4.78, 5) is 17.1. The van der Waals surface area contributed by atoms with Gasteiger partial charge in [-0.2, -0.15) is 15.5 Å². The Morgan fingerprint density at radius 2 is 1.79 bits per heavy atom. The van der Waals surface area contributed by atoms with Gasteiger partial charge in [0.25, 0.3) is 0 Å². The smallest absolute Gasteiger partial charge is 0.316 e. The second kappa shape index (κ2) is 9.88. The van der Waals surface area contributed by atoms with Gasteiger partial charge in [-0.15, -0.1) is 11.3 Å². The van der Waals surface area contributed by atoms with Crippen LogP contribution in [0.25, 0.3) is 10.2 Å². The predicted molar refractivity (Wildman–Crippen MR) is 109 cm³/mol. The highest BCUT2D eigenvalue weighted by Gasteiger charge is 2.20. The molecule has 1 atom stereocenters. The molecular formula is C21H16N6OS. The van der Waals surface area contributed by atoms with E-state index in [0.29, 0.717) is 17.3 Å². The molecule has 7 nitrogen and oxygen atoms in total. The maximum absolute atomic E-state index is 9.67. The number of para-hydroxylation sites is 1. The van der Waals surface area contributed by atoms with Crippen molar-refractivity contribution in [3.63, 3.8) is 0 Å². The van der Waals surface area contributed by atoms with Gasteiger partial charge in [-0.1, -0.05) is 12.1 Å². The summed E-state index contributed by atoms with van der Waals surface area (Å²) in [5.41, 5.74) is 2.43. The fourth-order valence-electron chi connectivity index (χ4n) is 2.47. The summed E-state index contributed by atoms with van der Waals surface area (Å²) in [7, 11) is 0. The zero-order chi connectivity index (χ0) is 20.5. The van der Waals surface area contributed by atoms with Crippen LogP contribution in [0.4, 0.5) is 0 Å². The number of thiazole rings is 1. The van der Waals surface area contributed by atoms with Crippen molar-refractivity contribution in [2.24, 2.45) is 0 Å². The first-order valence-corrected chi connectivity index (χ1v) is 9.47. The zero-order valence-corrected chi connectivity index (χ0v) is 16.4. The van der Waals surface area contributed by atoms with E-state index in [1.165, 1.54) is 18.3 Å². The van der Waals surface area contributed by atoms with Gasteiger partial charge in [-0.3, -0.25) is 4.98 Å². The Bertz CT molecular complexity index is 1130. The van der Waals surface area contributed by atoms with Crippen LogP contribution in [0.2, 0.25) is 0 Å². The molecule has 0 aliphatic heterocycles. The Balaban J connectivity index is 0.000000755. The van der Waals surface area contributed by atoms with Gasteiger partial charge in [0.05, 0.1) is 28.0 Å². The first-order valence-electron chi connectivity index (χ1n) is 8.65. The molecule has 4 aromatic rings. The van der Waals surface area contributed by atoms with Gasteiger partial charge in [0.15, 0.2) is 0 Å². The third-order valence-electron chi connectivity index (χ3n) is 3.75. The average molecular weight is 400 g/mol. The molecule has 0 N–H and O–H groups in total. The highest BCUT2D eigenvalue weighted by atomic mass is 32.1. The van der Waals surface area contributed by atoms with Crippen molar-refractivity contribution in [2.75, 3.05) is 0 Å². The molecule has 0 amide bonds. The molecule has 0 aliphatic rings. The van der Waals surface area contributed by atoms with Gasteiger partial charge in [0.2, 0.25) is 0 Å². The minimum Gasteiger partial charge on any atom is -0.459 e. The van der Waals surface area contributed by atoms with Crippen molar-refractivity contribution >= 4 is 21.6 Å². The van der Waals surface area contributed by atoms with E-state index in [2.05, 4.69) is 26.0 Å². The third kappa shape index (κ3) is 5.10. The topological polar surface area (TPSA) is 108 Å². The zero-order valence-electron chi connectivity index (χ0n) is 15.6. The lowest BCUT2D eigenvalue weighted by Crippen LogP contribution is -2.05. The largest absolute Gasteiger partial charge is 0.459 e. The van der Waals surface area contributed by atoms with Gasteiger partial charge in [-0.05, 0) is 35.9 Å². The molecule has 4 rings (SSSR count). The van der Waals surface area contributed by atoms with Crippen LogP contribution in [0.15, 0.2) is 61.1 Å². The van der Waals surface area contributed by atoms with E-state index in [0.717, 1.165) is 15.8 Å². The van der Waals surface area contributed by atoms with Gasteiger partial charge < -0.3 is 4.74 Å². The highest BCUT2D eigenvalue weighted by molar-refractivity contribution is 7.18. The minimum atomic E-state index is -0.557. The predicted octanol–water partition coefficient (Wildman–Crippen LogP) is 4.25. The Kier molecular flexibility index (Phi) is 6.77. The van der Waals surface area contributed by atoms with Gasteiger partial charge in [-0.25, -0.2) is 9.97 Å². The molecule has 142 valence electrons. The monoisotopic (exact) mass is 400 g/mol. The van der Waals surface area contributed by atoms with E-state index in [1.807, 2.05) is 36.4 Å². The second-order valence-electron chi connectivity index (χ2n) is 5.71. The maximum atomic E-state index is 9.67. The number of pyridine rings is 1. The molecule has 3 aromatic heterocycles. The van der Waals surface area contributed by atoms with Crippen LogP contribution in [0, 0.1) is 22.7 Å². The molecule has 0 saturated carbocycles. The Labute approximate surface area is 171 Å². The van der Waals surface area contributed by atoms with E-state index >= 15 is 0 Å². The number of aromatic nitrogens is 4. The van der Waals surface area contributed by atoms with E-state index < -0.39 is 5.92 Å². The fourth-order valence-corrected chi connectivity index (χ4v) is 3.50. The lowest BCUT2D eigenvalue weighted by atomic mass is 10.1. The molecule has 0 fully saturated rings. The summed E-state index contributed by atoms with van der Waals surface area (Å²) in [6, 6.07) is 17.6. The number of rotatable bonds is 5. The standard InChI is InChI=1S/C19H13N5OS.C2H3N/c20-11-14(18-23-16-3-1-2-4-17(16)26-18)15-7-10-22-19(24-15)25-12-13-5-8-21-9-6-13;1-2-3/h1-10,14H,12H2;1H3. The first-order chi connectivity index (χ1) is 14.2. The molecule has 0 saturated heterocycles. The highest BCUT2D eigenvalue weighted by Crippen LogP contribution is 2.30. The fraction of sp³-hybridized carbons (Fsp3) is 0.143. The molecule has 29 heavy (non-hydrogen) atoms. The van der Waals surface area contributed by atoms with Crippen molar-refractivity contribution in [3.05, 3.63) is 77.3 Å². The van der Waals surface area contributed by atoms with Crippen LogP contribution in [-0.2, 0) is 6.61 Å². The van der Waals surface area contributed by atoms with Crippen LogP contribution in [0.1, 0.15) is 29.1 Å². The van der Waals surface area contributed by atoms with Crippen molar-refractivity contribution in [1.29, 1.82) is 10.5 Å². The quantitative estimate of drug-likeness (QED) is 0.493. The van der Waals surface area contributed by atoms with E-state index in [1.54, 1.807) is 30.7 Å². The molecule has 0 radical (unpaired) electrons. The summed E-state index contributed by atoms with van der Waals surface area (Å²) in [5.74, 6) is -0.557. The van der Waals surface area contributed by atoms with Crippen LogP contribution in [0.5, 0.6) is 6.01 Å². The van der Waals surface area contributed by atoms with Crippen LogP contribution in [0.3, 0.4) is 0 Å². The maximum Gasteiger partial charge on any atom is 0.316 e. The summed E-state index contributed by atoms with van der Waals surface area (Å²) in [5, 5.41) is 17.7. The number of nitrogens with zero attached hydrogens (tertiary/aromatic N) is 6. The lowest BCUT2D eigenvalue weighted by molar-refractivity contribution is 0.279. The summed E-state index contributed by atoms with van der Waals surface area (Å²) < 4.78 is 6.69. The minimum absolute atomic E-state index is 0.237. The number of ether oxygens (including phenoxy) is 1. The third-order valence-corrected chi connectivity index (χ3v) is 4.86. The van der Waals surface area contributed by atoms with Gasteiger partial charge in [0, 0.05) is 25.5 Å². The molecular weight excluding hydrogens is 384 g/mol. The number of hydrogen-bond donors (Lipinski definition) is 0. The Morgan fingerprint density at radius 1 is 1.03 bits per heavy atom. The Morgan fingerprint density at radius 3 is 2.52 bits per heavy atom. The first kappa shape index (κ1) is 19.9. The van der Waals surface area contributed by atoms with Crippen molar-refractivity contribution in [3.8, 4) is 18.1 Å². The van der Waals surface area contributed by atoms with Crippen molar-refractivity contribution in [1.82, 2.24) is 19.9 Å². The van der Waals surface area contributed by atoms with E-state index in [9.17, 15) is 5.26 Å². The van der Waals surface area contributed by atoms with E-state index in [4.69, 9.17) is 10.00 Å². The molecule has 0 spiro atoms. The molecule has 8 heteroatoms. The molecule has 1 aromatic carbocycles. The molecule has 0 aliphatic carbocycles. The number of benzene rings is 1. The summed E-state index contributed by atoms with van der Waals surface area (Å²) >= 11 is 1.50. The normalized spacial score (nSPS) is 10.9. The molecule has 0 bridgehead atoms. The SMILES string of the molecule is CC#N.N#CC(c1ccnc(OCc2ccncc2)n1)c1nc2ccccc2s1. The van der Waals surface area contributed by atoms with E-state index in [-0.39, 0.29) is 6.01 Å². The average Bonchev–Trinajstić information content (AvgIpc) is 3.18. The van der Waals surface area contributed by atoms with Crippen LogP contribution in [-0.4, -0.2) is 19.9 Å². The van der Waals surface area contributed by atoms with Crippen LogP contribution >= 0.6 is 11.3 Å². The Hall–Kier alpha value is -3.88. The number of fused-ring (bicyclic) bond motifs is 1. The number of hydrogen-bond acceptors (Lipinski definition) is 8. The lowest BCUT2D eigenvalue weighted by Gasteiger charge is -2.08. The van der Waals surface area contributed by atoms with Crippen molar-refractivity contribution in [2.45, 2.75) is 19.4 Å². The molecule has 3 heterocycles. The summed E-state index contributed by atoms with van der Waals surface area (Å²) in [6.07, 6.45) is 5.01. The van der Waals surface area contributed by atoms with Gasteiger partial charge >= 0.3 is 6.01 Å². The van der Waals surface area contributed by atoms with Crippen molar-refractivity contribution < 1.29 is 4.74 Å². The summed E-state index contributed by atoms with van der Waals surface area (Å²) in [6.45, 7) is 1.77. The molecule has 1 unspecified atom stereocenters.